The van der Waals surface area contributed by atoms with Crippen molar-refractivity contribution >= 4 is 11.6 Å². The van der Waals surface area contributed by atoms with Crippen LogP contribution in [0, 0.1) is 0 Å². The summed E-state index contributed by atoms with van der Waals surface area (Å²) < 4.78 is 0. The monoisotopic (exact) mass is 231 g/mol. The summed E-state index contributed by atoms with van der Waals surface area (Å²) in [6, 6.07) is 3.34. The average molecular weight is 231 g/mol. The topological polar surface area (TPSA) is 96.7 Å². The molecule has 6 heteroatoms. The average Bonchev–Trinajstić information content (AvgIpc) is 2.82. The van der Waals surface area contributed by atoms with Crippen molar-refractivity contribution in [1.29, 1.82) is 0 Å². The third-order valence-electron chi connectivity index (χ3n) is 2.26. The van der Waals surface area contributed by atoms with E-state index in [0.29, 0.717) is 18.7 Å². The van der Waals surface area contributed by atoms with Crippen LogP contribution in [0.25, 0.3) is 0 Å². The van der Waals surface area contributed by atoms with E-state index < -0.39 is 0 Å². The van der Waals surface area contributed by atoms with Crippen molar-refractivity contribution in [3.63, 3.8) is 0 Å². The largest absolute Gasteiger partial charge is 0.397 e. The molecule has 17 heavy (non-hydrogen) atoms. The van der Waals surface area contributed by atoms with E-state index in [1.54, 1.807) is 24.5 Å². The zero-order valence-corrected chi connectivity index (χ0v) is 9.18. The summed E-state index contributed by atoms with van der Waals surface area (Å²) in [5, 5.41) is 2.74. The number of H-pyrrole nitrogens is 1. The van der Waals surface area contributed by atoms with Gasteiger partial charge in [-0.05, 0) is 12.1 Å². The van der Waals surface area contributed by atoms with Crippen molar-refractivity contribution in [3.8, 4) is 0 Å². The highest BCUT2D eigenvalue weighted by atomic mass is 16.1. The van der Waals surface area contributed by atoms with Gasteiger partial charge in [-0.1, -0.05) is 0 Å². The Morgan fingerprint density at radius 1 is 1.41 bits per heavy atom. The predicted molar refractivity (Wildman–Crippen MR) is 63.3 cm³/mol. The van der Waals surface area contributed by atoms with Crippen LogP contribution in [0.5, 0.6) is 0 Å². The number of pyridine rings is 1. The molecule has 2 aromatic rings. The molecule has 0 saturated heterocycles. The molecule has 4 N–H and O–H groups in total. The van der Waals surface area contributed by atoms with Crippen LogP contribution in [0.1, 0.15) is 16.3 Å². The van der Waals surface area contributed by atoms with Crippen molar-refractivity contribution in [1.82, 2.24) is 20.3 Å². The summed E-state index contributed by atoms with van der Waals surface area (Å²) >= 11 is 0. The standard InChI is InChI=1S/C11H13N5O/c12-8-2-1-4-15-10(8)11(17)16-5-3-9-13-6-7-14-9/h1-2,4,6-7H,3,5,12H2,(H,13,14)(H,16,17). The van der Waals surface area contributed by atoms with Crippen LogP contribution in [0.15, 0.2) is 30.7 Å². The van der Waals surface area contributed by atoms with Crippen LogP contribution in [0.4, 0.5) is 5.69 Å². The lowest BCUT2D eigenvalue weighted by molar-refractivity contribution is 0.0950. The molecule has 2 heterocycles. The van der Waals surface area contributed by atoms with Crippen LogP contribution in [-0.4, -0.2) is 27.4 Å². The van der Waals surface area contributed by atoms with Gasteiger partial charge in [0.05, 0.1) is 5.69 Å². The number of hydrogen-bond donors (Lipinski definition) is 3. The number of rotatable bonds is 4. The first-order chi connectivity index (χ1) is 8.27. The molecule has 0 spiro atoms. The van der Waals surface area contributed by atoms with Crippen LogP contribution >= 0.6 is 0 Å². The number of amides is 1. The molecule has 2 rings (SSSR count). The first kappa shape index (κ1) is 11.1. The van der Waals surface area contributed by atoms with Gasteiger partial charge < -0.3 is 16.0 Å². The van der Waals surface area contributed by atoms with Crippen LogP contribution in [0.2, 0.25) is 0 Å². The maximum Gasteiger partial charge on any atom is 0.272 e. The third kappa shape index (κ3) is 2.81. The number of aromatic amines is 1. The molecule has 0 unspecified atom stereocenters. The van der Waals surface area contributed by atoms with Gasteiger partial charge in [0.2, 0.25) is 0 Å². The van der Waals surface area contributed by atoms with Gasteiger partial charge in [-0.15, -0.1) is 0 Å². The van der Waals surface area contributed by atoms with Gasteiger partial charge in [-0.25, -0.2) is 9.97 Å². The molecule has 0 fully saturated rings. The highest BCUT2D eigenvalue weighted by Crippen LogP contribution is 2.05. The highest BCUT2D eigenvalue weighted by Gasteiger charge is 2.09. The van der Waals surface area contributed by atoms with Crippen molar-refractivity contribution in [3.05, 3.63) is 42.2 Å². The Balaban J connectivity index is 1.88. The molecule has 0 aromatic carbocycles. The van der Waals surface area contributed by atoms with E-state index >= 15 is 0 Å². The van der Waals surface area contributed by atoms with E-state index in [2.05, 4.69) is 20.3 Å². The number of anilines is 1. The second kappa shape index (κ2) is 5.11. The number of nitrogens with one attached hydrogen (secondary N) is 2. The normalized spacial score (nSPS) is 10.1. The number of aromatic nitrogens is 3. The zero-order valence-electron chi connectivity index (χ0n) is 9.18. The maximum atomic E-state index is 11.7. The zero-order chi connectivity index (χ0) is 12.1. The second-order valence-corrected chi connectivity index (χ2v) is 3.48. The Kier molecular flexibility index (Phi) is 3.34. The highest BCUT2D eigenvalue weighted by molar-refractivity contribution is 5.96. The number of nitrogens with two attached hydrogens (primary N) is 1. The summed E-state index contributed by atoms with van der Waals surface area (Å²) in [6.45, 7) is 0.488. The Bertz CT molecular complexity index is 494. The molecule has 0 aliphatic carbocycles. The molecule has 2 aromatic heterocycles. The van der Waals surface area contributed by atoms with Gasteiger partial charge in [0.15, 0.2) is 5.69 Å². The summed E-state index contributed by atoms with van der Waals surface area (Å²) in [6.07, 6.45) is 5.60. The predicted octanol–water partition coefficient (Wildman–Crippen LogP) is 0.359. The summed E-state index contributed by atoms with van der Waals surface area (Å²) in [5.41, 5.74) is 6.28. The summed E-state index contributed by atoms with van der Waals surface area (Å²) in [4.78, 5) is 22.7. The van der Waals surface area contributed by atoms with Gasteiger partial charge in [0, 0.05) is 31.6 Å². The van der Waals surface area contributed by atoms with Gasteiger partial charge in [0.25, 0.3) is 5.91 Å². The van der Waals surface area contributed by atoms with Crippen LogP contribution in [0.3, 0.4) is 0 Å². The minimum absolute atomic E-state index is 0.256. The minimum Gasteiger partial charge on any atom is -0.397 e. The fraction of sp³-hybridized carbons (Fsp3) is 0.182. The van der Waals surface area contributed by atoms with E-state index in [1.807, 2.05) is 0 Å². The Labute approximate surface area is 98.3 Å². The second-order valence-electron chi connectivity index (χ2n) is 3.48. The van der Waals surface area contributed by atoms with Crippen molar-refractivity contribution in [2.75, 3.05) is 12.3 Å². The molecule has 0 aliphatic heterocycles. The molecule has 0 radical (unpaired) electrons. The molecule has 1 amide bonds. The van der Waals surface area contributed by atoms with Crippen molar-refractivity contribution in [2.45, 2.75) is 6.42 Å². The maximum absolute atomic E-state index is 11.7. The quantitative estimate of drug-likeness (QED) is 0.707. The SMILES string of the molecule is Nc1cccnc1C(=O)NCCc1ncc[nH]1. The first-order valence-corrected chi connectivity index (χ1v) is 5.24. The van der Waals surface area contributed by atoms with Gasteiger partial charge >= 0.3 is 0 Å². The Hall–Kier alpha value is -2.37. The Morgan fingerprint density at radius 3 is 3.00 bits per heavy atom. The lowest BCUT2D eigenvalue weighted by Gasteiger charge is -2.05. The summed E-state index contributed by atoms with van der Waals surface area (Å²) in [5.74, 6) is 0.564. The lowest BCUT2D eigenvalue weighted by Crippen LogP contribution is -2.27. The number of imidazole rings is 1. The molecular weight excluding hydrogens is 218 g/mol. The molecular formula is C11H13N5O. The molecule has 0 saturated carbocycles. The number of hydrogen-bond acceptors (Lipinski definition) is 4. The van der Waals surface area contributed by atoms with E-state index in [1.165, 1.54) is 6.20 Å². The molecule has 0 bridgehead atoms. The van der Waals surface area contributed by atoms with Crippen LogP contribution < -0.4 is 11.1 Å². The van der Waals surface area contributed by atoms with E-state index in [0.717, 1.165) is 5.82 Å². The number of nitrogen functional groups attached to an aromatic ring is 1. The smallest absolute Gasteiger partial charge is 0.272 e. The van der Waals surface area contributed by atoms with Gasteiger partial charge in [0.1, 0.15) is 5.82 Å². The van der Waals surface area contributed by atoms with Crippen LogP contribution in [-0.2, 0) is 6.42 Å². The molecule has 0 aliphatic rings. The van der Waals surface area contributed by atoms with E-state index in [4.69, 9.17) is 5.73 Å². The fourth-order valence-electron chi connectivity index (χ4n) is 1.42. The number of carbonyl (C=O) groups is 1. The minimum atomic E-state index is -0.269. The third-order valence-corrected chi connectivity index (χ3v) is 2.26. The van der Waals surface area contributed by atoms with Crippen molar-refractivity contribution in [2.24, 2.45) is 0 Å². The lowest BCUT2D eigenvalue weighted by atomic mass is 10.3. The van der Waals surface area contributed by atoms with Crippen molar-refractivity contribution < 1.29 is 4.79 Å². The van der Waals surface area contributed by atoms with E-state index in [-0.39, 0.29) is 11.6 Å². The first-order valence-electron chi connectivity index (χ1n) is 5.24. The fourth-order valence-corrected chi connectivity index (χ4v) is 1.42. The molecule has 6 nitrogen and oxygen atoms in total. The van der Waals surface area contributed by atoms with E-state index in [9.17, 15) is 4.79 Å². The molecule has 0 atom stereocenters. The molecule has 88 valence electrons. The Morgan fingerprint density at radius 2 is 2.29 bits per heavy atom. The van der Waals surface area contributed by atoms with Gasteiger partial charge in [-0.3, -0.25) is 4.79 Å². The number of carbonyl (C=O) groups excluding carboxylic acids is 1. The summed E-state index contributed by atoms with van der Waals surface area (Å²) in [7, 11) is 0. The number of nitrogens with zero attached hydrogens (tertiary/aromatic N) is 2. The van der Waals surface area contributed by atoms with Gasteiger partial charge in [-0.2, -0.15) is 0 Å².